The predicted molar refractivity (Wildman–Crippen MR) is 38.5 cm³/mol. The van der Waals surface area contributed by atoms with Crippen molar-refractivity contribution in [1.29, 1.82) is 0 Å². The molecule has 1 aliphatic rings. The number of nitrogens with zero attached hydrogens (tertiary/aromatic N) is 2. The fourth-order valence-electron chi connectivity index (χ4n) is 0.581. The Morgan fingerprint density at radius 3 is 2.90 bits per heavy atom. The molecule has 1 amide bonds. The number of rotatable bonds is 0. The lowest BCUT2D eigenvalue weighted by Gasteiger charge is -1.97. The second-order valence-corrected chi connectivity index (χ2v) is 1.82. The van der Waals surface area contributed by atoms with Crippen LogP contribution in [0.3, 0.4) is 0 Å². The van der Waals surface area contributed by atoms with Gasteiger partial charge in [-0.05, 0) is 12.2 Å². The van der Waals surface area contributed by atoms with Gasteiger partial charge in [-0.25, -0.2) is 5.32 Å². The highest BCUT2D eigenvalue weighted by atomic mass is 16.1. The van der Waals surface area contributed by atoms with Crippen LogP contribution in [0.1, 0.15) is 6.92 Å². The van der Waals surface area contributed by atoms with Gasteiger partial charge in [0.15, 0.2) is 5.84 Å². The van der Waals surface area contributed by atoms with E-state index < -0.39 is 0 Å². The van der Waals surface area contributed by atoms with Crippen molar-refractivity contribution in [1.82, 2.24) is 5.32 Å². The molecule has 0 N–H and O–H groups in total. The Kier molecular flexibility index (Phi) is 1.99. The maximum Gasteiger partial charge on any atom is 0.244 e. The zero-order valence-corrected chi connectivity index (χ0v) is 5.61. The first-order chi connectivity index (χ1) is 4.79. The normalized spacial score (nSPS) is 19.1. The van der Waals surface area contributed by atoms with Gasteiger partial charge < -0.3 is 0 Å². The van der Waals surface area contributed by atoms with Crippen molar-refractivity contribution in [3.63, 3.8) is 0 Å². The van der Waals surface area contributed by atoms with Crippen molar-refractivity contribution in [2.45, 2.75) is 6.92 Å². The number of hydrogen-bond acceptors (Lipinski definition) is 1. The van der Waals surface area contributed by atoms with E-state index in [1.165, 1.54) is 6.92 Å². The zero-order chi connectivity index (χ0) is 7.40. The molecule has 1 radical (unpaired) electrons. The molecule has 0 spiro atoms. The second-order valence-electron chi connectivity index (χ2n) is 1.82. The molecular weight excluding hydrogens is 128 g/mol. The molecule has 0 bridgehead atoms. The van der Waals surface area contributed by atoms with E-state index in [9.17, 15) is 4.79 Å². The molecule has 0 aromatic carbocycles. The number of amides is 1. The summed E-state index contributed by atoms with van der Waals surface area (Å²) in [5.41, 5.74) is 0. The molecular formula is C7H7N2O. The van der Waals surface area contributed by atoms with E-state index in [4.69, 9.17) is 0 Å². The molecule has 0 saturated heterocycles. The zero-order valence-electron chi connectivity index (χ0n) is 5.61. The molecule has 1 aliphatic heterocycles. The standard InChI is InChI=1S/C7H7N2O/c1-6(10)9-7-4-2-3-5-8-7/h2-5H,1H3/b9-7-. The van der Waals surface area contributed by atoms with Gasteiger partial charge in [0.1, 0.15) is 0 Å². The van der Waals surface area contributed by atoms with Crippen LogP contribution in [0.5, 0.6) is 0 Å². The quantitative estimate of drug-likeness (QED) is 0.480. The number of allylic oxidation sites excluding steroid dienone is 2. The summed E-state index contributed by atoms with van der Waals surface area (Å²) in [5, 5.41) is 3.83. The van der Waals surface area contributed by atoms with Crippen molar-refractivity contribution < 1.29 is 4.79 Å². The highest BCUT2D eigenvalue weighted by Crippen LogP contribution is 1.89. The van der Waals surface area contributed by atoms with Gasteiger partial charge in [-0.15, -0.1) is 0 Å². The van der Waals surface area contributed by atoms with Crippen LogP contribution in [0.15, 0.2) is 29.4 Å². The first-order valence-electron chi connectivity index (χ1n) is 2.92. The topological polar surface area (TPSA) is 43.5 Å². The second kappa shape index (κ2) is 2.96. The monoisotopic (exact) mass is 135 g/mol. The minimum absolute atomic E-state index is 0.223. The molecule has 10 heavy (non-hydrogen) atoms. The molecule has 0 aromatic rings. The Morgan fingerprint density at radius 1 is 1.60 bits per heavy atom. The van der Waals surface area contributed by atoms with E-state index in [0.29, 0.717) is 5.84 Å². The first kappa shape index (κ1) is 6.74. The third-order valence-corrected chi connectivity index (χ3v) is 0.921. The van der Waals surface area contributed by atoms with Crippen molar-refractivity contribution in [2.75, 3.05) is 0 Å². The van der Waals surface area contributed by atoms with E-state index >= 15 is 0 Å². The Morgan fingerprint density at radius 2 is 2.40 bits per heavy atom. The van der Waals surface area contributed by atoms with Crippen molar-refractivity contribution in [2.24, 2.45) is 4.99 Å². The lowest BCUT2D eigenvalue weighted by Crippen LogP contribution is -2.10. The maximum atomic E-state index is 10.4. The van der Waals surface area contributed by atoms with Crippen LogP contribution in [0, 0.1) is 0 Å². The summed E-state index contributed by atoms with van der Waals surface area (Å²) in [6.45, 7) is 1.40. The minimum Gasteiger partial charge on any atom is -0.273 e. The minimum atomic E-state index is -0.223. The van der Waals surface area contributed by atoms with Crippen LogP contribution >= 0.6 is 0 Å². The lowest BCUT2D eigenvalue weighted by molar-refractivity contribution is -0.115. The molecule has 1 heterocycles. The fraction of sp³-hybridized carbons (Fsp3) is 0.143. The summed E-state index contributed by atoms with van der Waals surface area (Å²) in [5.74, 6) is 0.244. The van der Waals surface area contributed by atoms with Crippen LogP contribution in [0.25, 0.3) is 0 Å². The maximum absolute atomic E-state index is 10.4. The third kappa shape index (κ3) is 1.85. The first-order valence-corrected chi connectivity index (χ1v) is 2.92. The summed E-state index contributed by atoms with van der Waals surface area (Å²) >= 11 is 0. The smallest absolute Gasteiger partial charge is 0.244 e. The predicted octanol–water partition coefficient (Wildman–Crippen LogP) is 0.619. The Balaban J connectivity index is 2.67. The molecule has 3 heteroatoms. The molecule has 0 aromatic heterocycles. The van der Waals surface area contributed by atoms with Crippen LogP contribution in [-0.2, 0) is 4.79 Å². The van der Waals surface area contributed by atoms with Crippen molar-refractivity contribution in [3.05, 3.63) is 24.4 Å². The summed E-state index contributed by atoms with van der Waals surface area (Å²) in [4.78, 5) is 14.0. The summed E-state index contributed by atoms with van der Waals surface area (Å²) in [6.07, 6.45) is 6.84. The summed E-state index contributed by atoms with van der Waals surface area (Å²) in [6, 6.07) is 0. The number of hydrogen-bond donors (Lipinski definition) is 0. The Bertz CT molecular complexity index is 226. The average molecular weight is 135 g/mol. The van der Waals surface area contributed by atoms with E-state index in [2.05, 4.69) is 10.3 Å². The number of aliphatic imine (C=N–C) groups is 1. The van der Waals surface area contributed by atoms with Crippen LogP contribution in [-0.4, -0.2) is 11.7 Å². The van der Waals surface area contributed by atoms with Crippen LogP contribution in [0.4, 0.5) is 0 Å². The molecule has 1 rings (SSSR count). The van der Waals surface area contributed by atoms with Gasteiger partial charge >= 0.3 is 0 Å². The number of carbonyl (C=O) groups excluding carboxylic acids is 1. The highest BCUT2D eigenvalue weighted by molar-refractivity contribution is 6.01. The largest absolute Gasteiger partial charge is 0.273 e. The Labute approximate surface area is 59.2 Å². The van der Waals surface area contributed by atoms with Crippen molar-refractivity contribution in [3.8, 4) is 0 Å². The van der Waals surface area contributed by atoms with Gasteiger partial charge in [-0.3, -0.25) is 4.79 Å². The van der Waals surface area contributed by atoms with Gasteiger partial charge in [0.25, 0.3) is 0 Å². The molecule has 0 saturated carbocycles. The van der Waals surface area contributed by atoms with Crippen molar-refractivity contribution >= 4 is 11.7 Å². The van der Waals surface area contributed by atoms with E-state index in [0.717, 1.165) is 0 Å². The van der Waals surface area contributed by atoms with Gasteiger partial charge in [-0.1, -0.05) is 6.08 Å². The Hall–Kier alpha value is -1.38. The van der Waals surface area contributed by atoms with Crippen LogP contribution < -0.4 is 5.32 Å². The fourth-order valence-corrected chi connectivity index (χ4v) is 0.581. The molecule has 51 valence electrons. The average Bonchev–Trinajstić information content (AvgIpc) is 1.88. The van der Waals surface area contributed by atoms with Gasteiger partial charge in [-0.2, -0.15) is 4.99 Å². The van der Waals surface area contributed by atoms with E-state index in [1.54, 1.807) is 24.4 Å². The number of carbonyl (C=O) groups is 1. The van der Waals surface area contributed by atoms with E-state index in [1.807, 2.05) is 0 Å². The summed E-state index contributed by atoms with van der Waals surface area (Å²) < 4.78 is 0. The molecule has 0 atom stereocenters. The SMILES string of the molecule is CC(=O)/N=C1/C=CC=C[N]1. The lowest BCUT2D eigenvalue weighted by atomic mass is 10.4. The van der Waals surface area contributed by atoms with Gasteiger partial charge in [0.2, 0.25) is 5.91 Å². The molecule has 0 fully saturated rings. The van der Waals surface area contributed by atoms with Gasteiger partial charge in [0, 0.05) is 13.1 Å². The van der Waals surface area contributed by atoms with Gasteiger partial charge in [0.05, 0.1) is 0 Å². The molecule has 0 aliphatic carbocycles. The summed E-state index contributed by atoms with van der Waals surface area (Å²) in [7, 11) is 0. The van der Waals surface area contributed by atoms with Crippen LogP contribution in [0.2, 0.25) is 0 Å². The highest BCUT2D eigenvalue weighted by Gasteiger charge is 1.96. The molecule has 3 nitrogen and oxygen atoms in total. The number of amidine groups is 1. The molecule has 0 unspecified atom stereocenters. The van der Waals surface area contributed by atoms with E-state index in [-0.39, 0.29) is 5.91 Å². The third-order valence-electron chi connectivity index (χ3n) is 0.921.